The van der Waals surface area contributed by atoms with Gasteiger partial charge in [-0.05, 0) is 80.8 Å². The molecule has 4 aliphatic carbocycles. The molecule has 4 aliphatic rings. The molecule has 0 aromatic rings. The third-order valence-electron chi connectivity index (χ3n) is 8.09. The molecular formula is C22H32O4. The van der Waals surface area contributed by atoms with Crippen LogP contribution in [0.2, 0.25) is 0 Å². The monoisotopic (exact) mass is 360 g/mol. The van der Waals surface area contributed by atoms with Crippen LogP contribution in [0.1, 0.15) is 59.3 Å². The molecule has 0 amide bonds. The van der Waals surface area contributed by atoms with E-state index in [9.17, 15) is 9.90 Å². The van der Waals surface area contributed by atoms with Crippen molar-refractivity contribution in [3.05, 3.63) is 23.8 Å². The van der Waals surface area contributed by atoms with Crippen LogP contribution < -0.4 is 0 Å². The van der Waals surface area contributed by atoms with Crippen molar-refractivity contribution >= 4 is 6.16 Å². The second-order valence-electron chi connectivity index (χ2n) is 9.15. The molecule has 0 heterocycles. The fourth-order valence-corrected chi connectivity index (χ4v) is 6.62. The van der Waals surface area contributed by atoms with Crippen LogP contribution in [0, 0.1) is 28.6 Å². The normalized spacial score (nSPS) is 46.6. The molecule has 7 atom stereocenters. The van der Waals surface area contributed by atoms with Crippen molar-refractivity contribution < 1.29 is 19.4 Å². The van der Waals surface area contributed by atoms with Gasteiger partial charge in [-0.3, -0.25) is 0 Å². The summed E-state index contributed by atoms with van der Waals surface area (Å²) in [6.45, 7) is 6.80. The van der Waals surface area contributed by atoms with E-state index in [0.717, 1.165) is 19.3 Å². The number of hydrogen-bond donors (Lipinski definition) is 1. The average Bonchev–Trinajstić information content (AvgIpc) is 2.91. The van der Waals surface area contributed by atoms with Crippen LogP contribution in [0.3, 0.4) is 0 Å². The zero-order valence-electron chi connectivity index (χ0n) is 16.2. The van der Waals surface area contributed by atoms with E-state index in [0.29, 0.717) is 24.4 Å². The van der Waals surface area contributed by atoms with Crippen molar-refractivity contribution in [2.45, 2.75) is 71.5 Å². The summed E-state index contributed by atoms with van der Waals surface area (Å²) in [6, 6.07) is 0. The first-order chi connectivity index (χ1) is 12.4. The van der Waals surface area contributed by atoms with Crippen molar-refractivity contribution in [3.8, 4) is 0 Å². The summed E-state index contributed by atoms with van der Waals surface area (Å²) >= 11 is 0. The van der Waals surface area contributed by atoms with Crippen LogP contribution in [0.5, 0.6) is 0 Å². The van der Waals surface area contributed by atoms with E-state index >= 15 is 0 Å². The fourth-order valence-electron chi connectivity index (χ4n) is 6.62. The lowest BCUT2D eigenvalue weighted by Gasteiger charge is -2.56. The number of rotatable bonds is 2. The quantitative estimate of drug-likeness (QED) is 0.576. The Balaban J connectivity index is 1.54. The average molecular weight is 360 g/mol. The summed E-state index contributed by atoms with van der Waals surface area (Å²) < 4.78 is 10.3. The van der Waals surface area contributed by atoms with Crippen molar-refractivity contribution in [1.29, 1.82) is 0 Å². The predicted octanol–water partition coefficient (Wildman–Crippen LogP) is 4.63. The zero-order valence-corrected chi connectivity index (χ0v) is 16.2. The SMILES string of the molecule is CCOC(=O)O[C@H]1C=C[C@@]2(C)C(=C1)CC[C@H]1[C@@H]3CC[C@H](O)[C@@]3(C)CC[C@@H]12. The van der Waals surface area contributed by atoms with Gasteiger partial charge in [0.15, 0.2) is 0 Å². The molecule has 4 nitrogen and oxygen atoms in total. The van der Waals surface area contributed by atoms with Gasteiger partial charge < -0.3 is 14.6 Å². The molecule has 0 aliphatic heterocycles. The molecule has 144 valence electrons. The van der Waals surface area contributed by atoms with Crippen LogP contribution in [0.15, 0.2) is 23.8 Å². The Bertz CT molecular complexity index is 638. The minimum atomic E-state index is -0.593. The van der Waals surface area contributed by atoms with Gasteiger partial charge in [0.05, 0.1) is 12.7 Å². The number of carbonyl (C=O) groups excluding carboxylic acids is 1. The van der Waals surface area contributed by atoms with E-state index in [1.165, 1.54) is 24.8 Å². The molecule has 0 radical (unpaired) electrons. The molecule has 3 fully saturated rings. The minimum Gasteiger partial charge on any atom is -0.435 e. The molecule has 0 unspecified atom stereocenters. The van der Waals surface area contributed by atoms with Crippen LogP contribution in [0.25, 0.3) is 0 Å². The van der Waals surface area contributed by atoms with E-state index < -0.39 is 6.16 Å². The summed E-state index contributed by atoms with van der Waals surface area (Å²) in [4.78, 5) is 11.6. The maximum atomic E-state index is 11.6. The van der Waals surface area contributed by atoms with Gasteiger partial charge in [0.2, 0.25) is 0 Å². The van der Waals surface area contributed by atoms with Crippen molar-refractivity contribution in [3.63, 3.8) is 0 Å². The first-order valence-corrected chi connectivity index (χ1v) is 10.3. The second kappa shape index (κ2) is 6.40. The number of carbonyl (C=O) groups is 1. The number of ether oxygens (including phenoxy) is 2. The van der Waals surface area contributed by atoms with Crippen molar-refractivity contribution in [1.82, 2.24) is 0 Å². The molecule has 0 aromatic carbocycles. The Labute approximate surface area is 156 Å². The first-order valence-electron chi connectivity index (χ1n) is 10.3. The summed E-state index contributed by atoms with van der Waals surface area (Å²) in [5, 5.41) is 10.5. The highest BCUT2D eigenvalue weighted by atomic mass is 16.7. The maximum absolute atomic E-state index is 11.6. The number of aliphatic hydroxyl groups is 1. The summed E-state index contributed by atoms with van der Waals surface area (Å²) in [5.41, 5.74) is 1.59. The summed E-state index contributed by atoms with van der Waals surface area (Å²) in [7, 11) is 0. The third kappa shape index (κ3) is 2.64. The van der Waals surface area contributed by atoms with Gasteiger partial charge in [-0.25, -0.2) is 4.79 Å². The van der Waals surface area contributed by atoms with Crippen LogP contribution in [-0.4, -0.2) is 30.1 Å². The molecular weight excluding hydrogens is 328 g/mol. The van der Waals surface area contributed by atoms with Gasteiger partial charge in [0, 0.05) is 5.41 Å². The van der Waals surface area contributed by atoms with Gasteiger partial charge in [0.25, 0.3) is 0 Å². The number of fused-ring (bicyclic) bond motifs is 5. The maximum Gasteiger partial charge on any atom is 0.509 e. The number of allylic oxidation sites excluding steroid dienone is 2. The van der Waals surface area contributed by atoms with E-state index in [4.69, 9.17) is 9.47 Å². The highest BCUT2D eigenvalue weighted by Gasteiger charge is 2.58. The van der Waals surface area contributed by atoms with Gasteiger partial charge in [-0.1, -0.05) is 25.5 Å². The smallest absolute Gasteiger partial charge is 0.435 e. The highest BCUT2D eigenvalue weighted by Crippen LogP contribution is 2.64. The Morgan fingerprint density at radius 2 is 2.04 bits per heavy atom. The second-order valence-corrected chi connectivity index (χ2v) is 9.15. The summed E-state index contributed by atoms with van der Waals surface area (Å²) in [6.07, 6.45) is 12.1. The topological polar surface area (TPSA) is 55.8 Å². The van der Waals surface area contributed by atoms with Crippen LogP contribution >= 0.6 is 0 Å². The molecule has 1 N–H and O–H groups in total. The predicted molar refractivity (Wildman–Crippen MR) is 99.5 cm³/mol. The lowest BCUT2D eigenvalue weighted by molar-refractivity contribution is -0.0622. The van der Waals surface area contributed by atoms with E-state index in [-0.39, 0.29) is 23.0 Å². The first kappa shape index (κ1) is 18.1. The molecule has 0 spiro atoms. The molecule has 0 saturated heterocycles. The Morgan fingerprint density at radius 3 is 2.81 bits per heavy atom. The van der Waals surface area contributed by atoms with E-state index in [2.05, 4.69) is 26.0 Å². The molecule has 26 heavy (non-hydrogen) atoms. The van der Waals surface area contributed by atoms with E-state index in [1.54, 1.807) is 6.92 Å². The summed E-state index contributed by atoms with van der Waals surface area (Å²) in [5.74, 6) is 1.97. The molecule has 4 heteroatoms. The van der Waals surface area contributed by atoms with Crippen LogP contribution in [-0.2, 0) is 9.47 Å². The third-order valence-corrected chi connectivity index (χ3v) is 8.09. The number of hydrogen-bond acceptors (Lipinski definition) is 4. The van der Waals surface area contributed by atoms with Crippen molar-refractivity contribution in [2.24, 2.45) is 28.6 Å². The molecule has 0 aromatic heterocycles. The Hall–Kier alpha value is -1.29. The van der Waals surface area contributed by atoms with Gasteiger partial charge >= 0.3 is 6.16 Å². The molecule has 0 bridgehead atoms. The lowest BCUT2D eigenvalue weighted by Crippen LogP contribution is -2.50. The largest absolute Gasteiger partial charge is 0.509 e. The van der Waals surface area contributed by atoms with E-state index in [1.807, 2.05) is 6.08 Å². The van der Waals surface area contributed by atoms with Gasteiger partial charge in [-0.2, -0.15) is 0 Å². The van der Waals surface area contributed by atoms with Crippen LogP contribution in [0.4, 0.5) is 4.79 Å². The minimum absolute atomic E-state index is 0.0618. The fraction of sp³-hybridized carbons (Fsp3) is 0.773. The van der Waals surface area contributed by atoms with Gasteiger partial charge in [0.1, 0.15) is 6.10 Å². The van der Waals surface area contributed by atoms with Gasteiger partial charge in [-0.15, -0.1) is 0 Å². The zero-order chi connectivity index (χ0) is 18.5. The Kier molecular flexibility index (Phi) is 4.45. The van der Waals surface area contributed by atoms with Crippen molar-refractivity contribution in [2.75, 3.05) is 6.61 Å². The highest BCUT2D eigenvalue weighted by molar-refractivity contribution is 5.60. The number of aliphatic hydroxyl groups excluding tert-OH is 1. The lowest BCUT2D eigenvalue weighted by atomic mass is 9.48. The standard InChI is InChI=1S/C22H32O4/c1-4-25-20(24)26-15-9-11-21(2)14(13-15)5-6-16-17-7-8-19(23)22(17,3)12-10-18(16)21/h9,11,13,15-19,23H,4-8,10,12H2,1-3H3/t15-,16-,17-,18-,19-,21-,22-/m0/s1. The molecule has 3 saturated carbocycles. The molecule has 4 rings (SSSR count). The Morgan fingerprint density at radius 1 is 1.23 bits per heavy atom.